The molecular formula is C20H19ClN4O5S2. The monoisotopic (exact) mass is 494 g/mol. The lowest BCUT2D eigenvalue weighted by Crippen LogP contribution is -2.40. The number of amides is 1. The Morgan fingerprint density at radius 1 is 1.19 bits per heavy atom. The highest BCUT2D eigenvalue weighted by molar-refractivity contribution is 7.89. The number of benzene rings is 2. The molecule has 3 aromatic rings. The maximum Gasteiger partial charge on any atom is 0.271 e. The molecule has 1 aliphatic heterocycles. The number of hydrogen-bond acceptors (Lipinski definition) is 6. The first-order chi connectivity index (χ1) is 15.2. The van der Waals surface area contributed by atoms with Gasteiger partial charge in [0.05, 0.1) is 20.0 Å². The van der Waals surface area contributed by atoms with Crippen LogP contribution in [0, 0.1) is 16.0 Å². The van der Waals surface area contributed by atoms with E-state index in [0.29, 0.717) is 28.2 Å². The van der Waals surface area contributed by atoms with Gasteiger partial charge in [0, 0.05) is 43.2 Å². The number of nitro groups is 1. The van der Waals surface area contributed by atoms with E-state index in [9.17, 15) is 23.3 Å². The van der Waals surface area contributed by atoms with E-state index in [2.05, 4.69) is 4.99 Å². The van der Waals surface area contributed by atoms with Gasteiger partial charge in [-0.25, -0.2) is 8.42 Å². The summed E-state index contributed by atoms with van der Waals surface area (Å²) in [4.78, 5) is 28.2. The van der Waals surface area contributed by atoms with E-state index < -0.39 is 14.9 Å². The molecule has 0 radical (unpaired) electrons. The van der Waals surface area contributed by atoms with Crippen LogP contribution in [0.2, 0.25) is 5.02 Å². The van der Waals surface area contributed by atoms with Crippen molar-refractivity contribution in [1.82, 2.24) is 8.87 Å². The van der Waals surface area contributed by atoms with Crippen LogP contribution in [0.4, 0.5) is 5.69 Å². The van der Waals surface area contributed by atoms with E-state index in [1.807, 2.05) is 0 Å². The van der Waals surface area contributed by atoms with Gasteiger partial charge in [-0.15, -0.1) is 0 Å². The number of hydrogen-bond donors (Lipinski definition) is 0. The molecule has 9 nitrogen and oxygen atoms in total. The number of carbonyl (C=O) groups is 1. The second kappa shape index (κ2) is 8.74. The third-order valence-corrected chi connectivity index (χ3v) is 8.74. The number of piperidine rings is 1. The number of aromatic nitrogens is 1. The second-order valence-corrected chi connectivity index (χ2v) is 10.8. The van der Waals surface area contributed by atoms with Crippen molar-refractivity contribution in [2.45, 2.75) is 17.7 Å². The number of nitrogens with zero attached hydrogens (tertiary/aromatic N) is 4. The number of halogens is 1. The number of aryl methyl sites for hydroxylation is 1. The van der Waals surface area contributed by atoms with Crippen LogP contribution in [0.25, 0.3) is 10.2 Å². The zero-order valence-electron chi connectivity index (χ0n) is 17.0. The fourth-order valence-corrected chi connectivity index (χ4v) is 6.22. The molecular weight excluding hydrogens is 476 g/mol. The van der Waals surface area contributed by atoms with Gasteiger partial charge in [-0.3, -0.25) is 14.9 Å². The molecule has 1 amide bonds. The van der Waals surface area contributed by atoms with Gasteiger partial charge in [-0.05, 0) is 43.2 Å². The van der Waals surface area contributed by atoms with Crippen molar-refractivity contribution < 1.29 is 18.1 Å². The number of rotatable bonds is 4. The number of fused-ring (bicyclic) bond motifs is 1. The van der Waals surface area contributed by atoms with Gasteiger partial charge in [0.1, 0.15) is 0 Å². The molecule has 1 aromatic heterocycles. The van der Waals surface area contributed by atoms with Crippen LogP contribution >= 0.6 is 22.9 Å². The molecule has 2 heterocycles. The minimum Gasteiger partial charge on any atom is -0.319 e. The lowest BCUT2D eigenvalue weighted by atomic mass is 9.98. The zero-order chi connectivity index (χ0) is 23.0. The molecule has 1 aliphatic rings. The van der Waals surface area contributed by atoms with Crippen LogP contribution in [-0.4, -0.2) is 41.2 Å². The van der Waals surface area contributed by atoms with Gasteiger partial charge >= 0.3 is 0 Å². The van der Waals surface area contributed by atoms with Crippen LogP contribution in [0.5, 0.6) is 0 Å². The topological polar surface area (TPSA) is 115 Å². The summed E-state index contributed by atoms with van der Waals surface area (Å²) in [5.41, 5.74) is 0.595. The Bertz CT molecular complexity index is 1370. The Hall–Kier alpha value is -2.60. The Labute approximate surface area is 192 Å². The lowest BCUT2D eigenvalue weighted by molar-refractivity contribution is -0.384. The summed E-state index contributed by atoms with van der Waals surface area (Å²) in [5.74, 6) is -0.698. The van der Waals surface area contributed by atoms with Crippen molar-refractivity contribution in [1.29, 1.82) is 0 Å². The van der Waals surface area contributed by atoms with E-state index in [1.54, 1.807) is 17.7 Å². The van der Waals surface area contributed by atoms with Crippen molar-refractivity contribution >= 4 is 54.8 Å². The first-order valence-corrected chi connectivity index (χ1v) is 12.4. The minimum absolute atomic E-state index is 0.0296. The standard InChI is InChI=1S/C20H19ClN4O5S2/c1-23-17-12-15(25(27)28)4-7-18(17)31-20(23)22-19(26)13-8-10-24(11-9-13)32(29,30)16-5-2-14(21)3-6-16/h2-7,12-13H,8-11H2,1H3. The predicted octanol–water partition coefficient (Wildman–Crippen LogP) is 3.33. The fourth-order valence-electron chi connectivity index (χ4n) is 3.62. The molecule has 0 N–H and O–H groups in total. The maximum absolute atomic E-state index is 12.8. The Morgan fingerprint density at radius 3 is 2.47 bits per heavy atom. The van der Waals surface area contributed by atoms with Gasteiger partial charge < -0.3 is 4.57 Å². The molecule has 12 heteroatoms. The molecule has 4 rings (SSSR count). The van der Waals surface area contributed by atoms with Crippen molar-refractivity contribution in [3.05, 3.63) is 62.4 Å². The smallest absolute Gasteiger partial charge is 0.271 e. The first-order valence-electron chi connectivity index (χ1n) is 9.75. The van der Waals surface area contributed by atoms with Crippen LogP contribution in [-0.2, 0) is 21.9 Å². The summed E-state index contributed by atoms with van der Waals surface area (Å²) in [7, 11) is -1.94. The Kier molecular flexibility index (Phi) is 6.17. The van der Waals surface area contributed by atoms with Crippen LogP contribution in [0.1, 0.15) is 12.8 Å². The molecule has 2 aromatic carbocycles. The molecule has 0 spiro atoms. The van der Waals surface area contributed by atoms with Gasteiger partial charge in [0.15, 0.2) is 4.80 Å². The number of sulfonamides is 1. The highest BCUT2D eigenvalue weighted by Crippen LogP contribution is 2.26. The van der Waals surface area contributed by atoms with Crippen LogP contribution in [0.15, 0.2) is 52.4 Å². The normalized spacial score (nSPS) is 16.5. The molecule has 0 unspecified atom stereocenters. The van der Waals surface area contributed by atoms with Gasteiger partial charge in [-0.1, -0.05) is 22.9 Å². The molecule has 1 saturated heterocycles. The van der Waals surface area contributed by atoms with E-state index in [4.69, 9.17) is 11.6 Å². The van der Waals surface area contributed by atoms with Crippen molar-refractivity contribution in [3.8, 4) is 0 Å². The maximum atomic E-state index is 12.8. The van der Waals surface area contributed by atoms with Crippen molar-refractivity contribution in [2.75, 3.05) is 13.1 Å². The fraction of sp³-hybridized carbons (Fsp3) is 0.300. The largest absolute Gasteiger partial charge is 0.319 e. The molecule has 0 bridgehead atoms. The summed E-state index contributed by atoms with van der Waals surface area (Å²) < 4.78 is 29.4. The second-order valence-electron chi connectivity index (χ2n) is 7.44. The summed E-state index contributed by atoms with van der Waals surface area (Å²) >= 11 is 7.12. The predicted molar refractivity (Wildman–Crippen MR) is 121 cm³/mol. The van der Waals surface area contributed by atoms with E-state index in [-0.39, 0.29) is 35.5 Å². The zero-order valence-corrected chi connectivity index (χ0v) is 19.4. The van der Waals surface area contributed by atoms with Crippen LogP contribution < -0.4 is 4.80 Å². The van der Waals surface area contributed by atoms with E-state index in [1.165, 1.54) is 52.0 Å². The van der Waals surface area contributed by atoms with Crippen LogP contribution in [0.3, 0.4) is 0 Å². The number of thiazole rings is 1. The quantitative estimate of drug-likeness (QED) is 0.407. The summed E-state index contributed by atoms with van der Waals surface area (Å²) in [6, 6.07) is 10.5. The summed E-state index contributed by atoms with van der Waals surface area (Å²) in [6.07, 6.45) is 0.741. The van der Waals surface area contributed by atoms with Crippen molar-refractivity contribution in [2.24, 2.45) is 18.0 Å². The first kappa shape index (κ1) is 22.6. The van der Waals surface area contributed by atoms with E-state index >= 15 is 0 Å². The third-order valence-electron chi connectivity index (χ3n) is 5.46. The average molecular weight is 495 g/mol. The van der Waals surface area contributed by atoms with Gasteiger partial charge in [-0.2, -0.15) is 9.30 Å². The van der Waals surface area contributed by atoms with Gasteiger partial charge in [0.25, 0.3) is 11.6 Å². The summed E-state index contributed by atoms with van der Waals surface area (Å²) in [6.45, 7) is 0.448. The van der Waals surface area contributed by atoms with Crippen molar-refractivity contribution in [3.63, 3.8) is 0 Å². The van der Waals surface area contributed by atoms with E-state index in [0.717, 1.165) is 4.70 Å². The highest BCUT2D eigenvalue weighted by atomic mass is 35.5. The molecule has 32 heavy (non-hydrogen) atoms. The molecule has 168 valence electrons. The number of carbonyl (C=O) groups excluding carboxylic acids is 1. The minimum atomic E-state index is -3.65. The Morgan fingerprint density at radius 2 is 1.84 bits per heavy atom. The number of nitro benzene ring substituents is 1. The summed E-state index contributed by atoms with van der Waals surface area (Å²) in [5, 5.41) is 11.5. The molecule has 0 saturated carbocycles. The third kappa shape index (κ3) is 4.33. The Balaban J connectivity index is 1.50. The highest BCUT2D eigenvalue weighted by Gasteiger charge is 2.32. The molecule has 1 fully saturated rings. The lowest BCUT2D eigenvalue weighted by Gasteiger charge is -2.29. The SMILES string of the molecule is Cn1c(=NC(=O)C2CCN(S(=O)(=O)c3ccc(Cl)cc3)CC2)sc2ccc([N+](=O)[O-])cc21. The molecule has 0 aliphatic carbocycles. The molecule has 0 atom stereocenters. The average Bonchev–Trinajstić information content (AvgIpc) is 3.08. The number of non-ortho nitro benzene ring substituents is 1. The van der Waals surface area contributed by atoms with Gasteiger partial charge in [0.2, 0.25) is 10.0 Å².